The molecule has 0 N–H and O–H groups in total. The smallest absolute Gasteiger partial charge is 0.186 e. The molecule has 112 valence electrons. The molecule has 1 aromatic rings. The summed E-state index contributed by atoms with van der Waals surface area (Å²) in [6.45, 7) is 0. The van der Waals surface area contributed by atoms with E-state index in [2.05, 4.69) is 0 Å². The zero-order valence-corrected chi connectivity index (χ0v) is 12.3. The lowest BCUT2D eigenvalue weighted by atomic mass is 9.88. The summed E-state index contributed by atoms with van der Waals surface area (Å²) in [5, 5.41) is 11.2. The molecule has 1 unspecified atom stereocenters. The van der Waals surface area contributed by atoms with Crippen LogP contribution >= 0.6 is 10.0 Å². The second-order valence-corrected chi connectivity index (χ2v) is 8.35. The molecule has 1 nitrogen and oxygen atoms in total. The molecular weight excluding hydrogens is 295 g/mol. The van der Waals surface area contributed by atoms with E-state index >= 15 is 0 Å². The monoisotopic (exact) mass is 311 g/mol. The first-order chi connectivity index (χ1) is 10.0. The van der Waals surface area contributed by atoms with Gasteiger partial charge in [0.25, 0.3) is 0 Å². The Bertz CT molecular complexity index is 623. The zero-order chi connectivity index (χ0) is 15.1. The molecule has 0 bridgehead atoms. The first-order valence-electron chi connectivity index (χ1n) is 7.12. The highest BCUT2D eigenvalue weighted by molar-refractivity contribution is 8.41. The van der Waals surface area contributed by atoms with Gasteiger partial charge in [0.2, 0.25) is 0 Å². The first-order valence-corrected chi connectivity index (χ1v) is 8.75. The van der Waals surface area contributed by atoms with Crippen molar-refractivity contribution >= 4 is 16.1 Å². The fraction of sp³-hybridized carbons (Fsp3) is 0.438. The van der Waals surface area contributed by atoms with E-state index in [9.17, 15) is 18.4 Å². The summed E-state index contributed by atoms with van der Waals surface area (Å²) in [7, 11) is -3.55. The summed E-state index contributed by atoms with van der Waals surface area (Å²) < 4.78 is 41.6. The Hall–Kier alpha value is -1.41. The fourth-order valence-corrected chi connectivity index (χ4v) is 6.29. The van der Waals surface area contributed by atoms with Crippen LogP contribution in [0.1, 0.15) is 37.7 Å². The van der Waals surface area contributed by atoms with Gasteiger partial charge in [-0.05, 0) is 51.4 Å². The molecule has 1 aromatic carbocycles. The van der Waals surface area contributed by atoms with Crippen LogP contribution in [0.3, 0.4) is 0 Å². The summed E-state index contributed by atoms with van der Waals surface area (Å²) in [5.41, 5.74) is -3.93. The fourth-order valence-electron chi connectivity index (χ4n) is 3.41. The number of allylic oxidation sites excluding steroid dienone is 1. The average molecular weight is 311 g/mol. The van der Waals surface area contributed by atoms with E-state index in [0.717, 1.165) is 32.1 Å². The number of hydrogen-bond acceptors (Lipinski definition) is 1. The zero-order valence-electron chi connectivity index (χ0n) is 11.5. The van der Waals surface area contributed by atoms with Gasteiger partial charge in [-0.15, -0.1) is 0 Å². The van der Waals surface area contributed by atoms with Crippen molar-refractivity contribution in [1.82, 2.24) is 0 Å². The number of thiocyanates is 1. The van der Waals surface area contributed by atoms with E-state index in [0.29, 0.717) is 10.5 Å². The number of rotatable bonds is 1. The quantitative estimate of drug-likeness (QED) is 0.603. The predicted molar refractivity (Wildman–Crippen MR) is 78.5 cm³/mol. The van der Waals surface area contributed by atoms with Crippen LogP contribution in [-0.2, 0) is 0 Å². The lowest BCUT2D eigenvalue weighted by Gasteiger charge is -2.38. The van der Waals surface area contributed by atoms with E-state index in [-0.39, 0.29) is 10.8 Å². The Morgan fingerprint density at radius 2 is 1.76 bits per heavy atom. The van der Waals surface area contributed by atoms with Crippen LogP contribution in [0.15, 0.2) is 34.1 Å². The highest BCUT2D eigenvalue weighted by atomic mass is 32.3. The maximum Gasteiger partial charge on any atom is 0.445 e. The Kier molecular flexibility index (Phi) is 3.53. The summed E-state index contributed by atoms with van der Waals surface area (Å²) in [4.78, 5) is 0.527. The van der Waals surface area contributed by atoms with Gasteiger partial charge in [-0.3, -0.25) is 0 Å². The van der Waals surface area contributed by atoms with E-state index in [1.165, 1.54) is 6.07 Å². The van der Waals surface area contributed by atoms with Crippen molar-refractivity contribution in [1.29, 1.82) is 5.26 Å². The van der Waals surface area contributed by atoms with Crippen molar-refractivity contribution in [2.45, 2.75) is 42.5 Å². The molecule has 0 spiro atoms. The number of benzene rings is 1. The molecule has 1 aliphatic carbocycles. The van der Waals surface area contributed by atoms with Gasteiger partial charge in [0.15, 0.2) is 0 Å². The van der Waals surface area contributed by atoms with Crippen molar-refractivity contribution < 1.29 is 13.2 Å². The highest BCUT2D eigenvalue weighted by Gasteiger charge is 2.58. The Balaban J connectivity index is 2.17. The summed E-state index contributed by atoms with van der Waals surface area (Å²) >= 11 is 0. The molecule has 1 aliphatic heterocycles. The summed E-state index contributed by atoms with van der Waals surface area (Å²) in [6.07, 6.45) is 6.18. The van der Waals surface area contributed by atoms with Crippen LogP contribution in [0, 0.1) is 16.6 Å². The Labute approximate surface area is 123 Å². The molecule has 0 amide bonds. The second-order valence-electron chi connectivity index (χ2n) is 5.57. The maximum atomic E-state index is 13.9. The van der Waals surface area contributed by atoms with Crippen LogP contribution in [0.25, 0.3) is 6.08 Å². The number of nitriles is 1. The topological polar surface area (TPSA) is 23.8 Å². The number of nitrogens with zero attached hydrogens (tertiary/aromatic N) is 1. The molecule has 0 aromatic heterocycles. The molecule has 1 saturated carbocycles. The molecule has 3 rings (SSSR count). The third-order valence-electron chi connectivity index (χ3n) is 4.39. The van der Waals surface area contributed by atoms with Gasteiger partial charge in [0, 0.05) is 4.90 Å². The predicted octanol–water partition coefficient (Wildman–Crippen LogP) is 5.79. The van der Waals surface area contributed by atoms with Gasteiger partial charge in [-0.1, -0.05) is 37.5 Å². The number of fused-ring (bicyclic) bond motifs is 1. The second kappa shape index (κ2) is 5.10. The van der Waals surface area contributed by atoms with Crippen LogP contribution in [-0.4, -0.2) is 5.51 Å². The normalized spacial score (nSPS) is 29.1. The third kappa shape index (κ3) is 2.08. The lowest BCUT2D eigenvalue weighted by molar-refractivity contribution is -0.0368. The first kappa shape index (κ1) is 14.5. The molecule has 2 aliphatic rings. The van der Waals surface area contributed by atoms with Crippen LogP contribution < -0.4 is 0 Å². The maximum absolute atomic E-state index is 13.9. The van der Waals surface area contributed by atoms with Gasteiger partial charge in [0.05, 0.1) is 0 Å². The van der Waals surface area contributed by atoms with E-state index in [1.54, 1.807) is 29.7 Å². The molecule has 5 heteroatoms. The van der Waals surface area contributed by atoms with Gasteiger partial charge in [-0.25, -0.2) is 0 Å². The summed E-state index contributed by atoms with van der Waals surface area (Å²) in [5.74, 6) is -0.0950. The van der Waals surface area contributed by atoms with Crippen molar-refractivity contribution in [2.24, 2.45) is 5.92 Å². The molecular formula is C16H16F3NS. The van der Waals surface area contributed by atoms with Crippen molar-refractivity contribution in [2.75, 3.05) is 0 Å². The van der Waals surface area contributed by atoms with Gasteiger partial charge in [0.1, 0.15) is 5.40 Å². The van der Waals surface area contributed by atoms with Crippen molar-refractivity contribution in [3.63, 3.8) is 0 Å². The minimum atomic E-state index is -4.50. The van der Waals surface area contributed by atoms with E-state index in [4.69, 9.17) is 0 Å². The average Bonchev–Trinajstić information content (AvgIpc) is 2.83. The van der Waals surface area contributed by atoms with Gasteiger partial charge >= 0.3 is 5.51 Å². The van der Waals surface area contributed by atoms with Crippen molar-refractivity contribution in [3.8, 4) is 5.40 Å². The molecule has 0 saturated heterocycles. The van der Waals surface area contributed by atoms with Gasteiger partial charge < -0.3 is 0 Å². The Morgan fingerprint density at radius 1 is 1.10 bits per heavy atom. The molecule has 1 atom stereocenters. The minimum Gasteiger partial charge on any atom is -0.186 e. The minimum absolute atomic E-state index is 0.0950. The largest absolute Gasteiger partial charge is 0.445 e. The van der Waals surface area contributed by atoms with Gasteiger partial charge in [-0.2, -0.15) is 18.4 Å². The third-order valence-corrected chi connectivity index (χ3v) is 7.55. The SMILES string of the molecule is N#CS1(C(F)(F)F)C(C2CCCCC2)=Cc2ccccc21. The van der Waals surface area contributed by atoms with E-state index < -0.39 is 15.5 Å². The molecule has 1 fully saturated rings. The Morgan fingerprint density at radius 3 is 2.38 bits per heavy atom. The molecule has 21 heavy (non-hydrogen) atoms. The number of hydrogen-bond donors (Lipinski definition) is 0. The van der Waals surface area contributed by atoms with Crippen LogP contribution in [0.5, 0.6) is 0 Å². The van der Waals surface area contributed by atoms with Crippen LogP contribution in [0.2, 0.25) is 0 Å². The standard InChI is InChI=1S/C16H16F3NS/c17-16(18,19)21(11-20)14-9-5-4-8-13(14)10-15(21)12-6-2-1-3-7-12/h4-5,8-10,12H,1-3,6-7H2. The highest BCUT2D eigenvalue weighted by Crippen LogP contribution is 2.77. The van der Waals surface area contributed by atoms with E-state index in [1.807, 2.05) is 0 Å². The molecule has 1 heterocycles. The van der Waals surface area contributed by atoms with Crippen LogP contribution in [0.4, 0.5) is 13.2 Å². The lowest BCUT2D eigenvalue weighted by Crippen LogP contribution is -2.23. The number of alkyl halides is 3. The molecule has 0 radical (unpaired) electrons. The summed E-state index contributed by atoms with van der Waals surface area (Å²) in [6, 6.07) is 6.50. The number of halogens is 3. The van der Waals surface area contributed by atoms with Crippen molar-refractivity contribution in [3.05, 3.63) is 34.7 Å².